The van der Waals surface area contributed by atoms with Crippen LogP contribution in [0, 0.1) is 17.1 Å². The fraction of sp³-hybridized carbons (Fsp3) is 0.0909. The molecule has 1 aromatic carbocycles. The quantitative estimate of drug-likeness (QED) is 0.858. The molecular formula is C11H8FN5O. The first-order chi connectivity index (χ1) is 8.60. The maximum Gasteiger partial charge on any atom is 0.277 e. The zero-order valence-electron chi connectivity index (χ0n) is 9.38. The SMILES string of the molecule is Cn1cc(C(=O)Nc2ccc(F)cc2C#N)nn1. The van der Waals surface area contributed by atoms with Crippen LogP contribution < -0.4 is 5.32 Å². The molecule has 1 heterocycles. The van der Waals surface area contributed by atoms with Crippen LogP contribution in [0.5, 0.6) is 0 Å². The van der Waals surface area contributed by atoms with E-state index in [2.05, 4.69) is 15.6 Å². The second-order valence-corrected chi connectivity index (χ2v) is 3.53. The number of hydrogen-bond acceptors (Lipinski definition) is 4. The lowest BCUT2D eigenvalue weighted by Crippen LogP contribution is -2.13. The molecule has 0 saturated heterocycles. The zero-order chi connectivity index (χ0) is 13.1. The molecule has 18 heavy (non-hydrogen) atoms. The third kappa shape index (κ3) is 2.32. The van der Waals surface area contributed by atoms with Crippen molar-refractivity contribution in [2.24, 2.45) is 7.05 Å². The largest absolute Gasteiger partial charge is 0.319 e. The molecule has 0 fully saturated rings. The molecule has 0 atom stereocenters. The van der Waals surface area contributed by atoms with Gasteiger partial charge in [-0.2, -0.15) is 5.26 Å². The topological polar surface area (TPSA) is 83.6 Å². The van der Waals surface area contributed by atoms with Crippen LogP contribution in [0.3, 0.4) is 0 Å². The minimum absolute atomic E-state index is 0.0484. The molecule has 1 amide bonds. The van der Waals surface area contributed by atoms with Gasteiger partial charge in [-0.05, 0) is 18.2 Å². The summed E-state index contributed by atoms with van der Waals surface area (Å²) in [4.78, 5) is 11.8. The molecule has 7 heteroatoms. The van der Waals surface area contributed by atoms with Crippen LogP contribution in [0.4, 0.5) is 10.1 Å². The molecule has 90 valence electrons. The predicted molar refractivity (Wildman–Crippen MR) is 60.1 cm³/mol. The van der Waals surface area contributed by atoms with E-state index in [4.69, 9.17) is 5.26 Å². The zero-order valence-corrected chi connectivity index (χ0v) is 9.38. The standard InChI is InChI=1S/C11H8FN5O/c1-17-6-10(15-16-17)11(18)14-9-3-2-8(12)4-7(9)5-13/h2-4,6H,1H3,(H,14,18). The van der Waals surface area contributed by atoms with E-state index in [0.29, 0.717) is 0 Å². The Morgan fingerprint density at radius 1 is 1.56 bits per heavy atom. The van der Waals surface area contributed by atoms with E-state index in [9.17, 15) is 9.18 Å². The lowest BCUT2D eigenvalue weighted by molar-refractivity contribution is 0.102. The summed E-state index contributed by atoms with van der Waals surface area (Å²) in [7, 11) is 1.63. The monoisotopic (exact) mass is 245 g/mol. The Morgan fingerprint density at radius 3 is 2.94 bits per heavy atom. The number of nitrogens with one attached hydrogen (secondary N) is 1. The van der Waals surface area contributed by atoms with Gasteiger partial charge in [0.1, 0.15) is 11.9 Å². The summed E-state index contributed by atoms with van der Waals surface area (Å²) >= 11 is 0. The van der Waals surface area contributed by atoms with Crippen molar-refractivity contribution < 1.29 is 9.18 Å². The van der Waals surface area contributed by atoms with Crippen molar-refractivity contribution in [1.82, 2.24) is 15.0 Å². The Labute approximate surface area is 102 Å². The van der Waals surface area contributed by atoms with E-state index in [-0.39, 0.29) is 16.9 Å². The molecule has 0 radical (unpaired) electrons. The van der Waals surface area contributed by atoms with Gasteiger partial charge in [-0.3, -0.25) is 9.48 Å². The van der Waals surface area contributed by atoms with Crippen LogP contribution in [-0.2, 0) is 7.05 Å². The number of anilines is 1. The number of nitrogens with zero attached hydrogens (tertiary/aromatic N) is 4. The number of amides is 1. The average molecular weight is 245 g/mol. The number of aromatic nitrogens is 3. The Kier molecular flexibility index (Phi) is 3.02. The van der Waals surface area contributed by atoms with E-state index in [1.807, 2.05) is 0 Å². The smallest absolute Gasteiger partial charge is 0.277 e. The van der Waals surface area contributed by atoms with Crippen LogP contribution >= 0.6 is 0 Å². The molecule has 2 aromatic rings. The molecule has 6 nitrogen and oxygen atoms in total. The number of carbonyl (C=O) groups excluding carboxylic acids is 1. The first-order valence-corrected chi connectivity index (χ1v) is 4.97. The Balaban J connectivity index is 2.25. The van der Waals surface area contributed by atoms with Crippen LogP contribution in [0.25, 0.3) is 0 Å². The highest BCUT2D eigenvalue weighted by Gasteiger charge is 2.12. The minimum Gasteiger partial charge on any atom is -0.319 e. The molecule has 0 bridgehead atoms. The Bertz CT molecular complexity index is 643. The summed E-state index contributed by atoms with van der Waals surface area (Å²) in [5.74, 6) is -1.05. The lowest BCUT2D eigenvalue weighted by Gasteiger charge is -2.04. The number of benzene rings is 1. The van der Waals surface area contributed by atoms with Gasteiger partial charge >= 0.3 is 0 Å². The summed E-state index contributed by atoms with van der Waals surface area (Å²) in [6, 6.07) is 5.33. The van der Waals surface area contributed by atoms with Gasteiger partial charge in [0.05, 0.1) is 17.4 Å². The van der Waals surface area contributed by atoms with Gasteiger partial charge in [0, 0.05) is 7.05 Å². The maximum absolute atomic E-state index is 12.9. The normalized spacial score (nSPS) is 9.83. The van der Waals surface area contributed by atoms with Crippen molar-refractivity contribution >= 4 is 11.6 Å². The molecule has 1 N–H and O–H groups in total. The van der Waals surface area contributed by atoms with E-state index in [1.54, 1.807) is 13.1 Å². The lowest BCUT2D eigenvalue weighted by atomic mass is 10.2. The number of halogens is 1. The summed E-state index contributed by atoms with van der Waals surface area (Å²) in [6.45, 7) is 0. The van der Waals surface area contributed by atoms with Gasteiger partial charge in [-0.1, -0.05) is 5.21 Å². The van der Waals surface area contributed by atoms with Gasteiger partial charge in [0.2, 0.25) is 0 Å². The predicted octanol–water partition coefficient (Wildman–Crippen LogP) is 1.08. The van der Waals surface area contributed by atoms with Crippen LogP contribution in [0.15, 0.2) is 24.4 Å². The van der Waals surface area contributed by atoms with E-state index in [0.717, 1.165) is 12.1 Å². The molecule has 0 unspecified atom stereocenters. The molecule has 0 aliphatic carbocycles. The number of hydrogen-bond donors (Lipinski definition) is 1. The Hall–Kier alpha value is -2.75. The summed E-state index contributed by atoms with van der Waals surface area (Å²) in [5, 5.41) is 18.6. The number of nitriles is 1. The number of aryl methyl sites for hydroxylation is 1. The third-order valence-electron chi connectivity index (χ3n) is 2.19. The van der Waals surface area contributed by atoms with Crippen LogP contribution in [0.1, 0.15) is 16.1 Å². The van der Waals surface area contributed by atoms with Gasteiger partial charge in [-0.25, -0.2) is 4.39 Å². The molecule has 0 saturated carbocycles. The highest BCUT2D eigenvalue weighted by Crippen LogP contribution is 2.16. The maximum atomic E-state index is 12.9. The minimum atomic E-state index is -0.538. The average Bonchev–Trinajstić information content (AvgIpc) is 2.78. The Morgan fingerprint density at radius 2 is 2.33 bits per heavy atom. The third-order valence-corrected chi connectivity index (χ3v) is 2.19. The van der Waals surface area contributed by atoms with E-state index < -0.39 is 11.7 Å². The fourth-order valence-electron chi connectivity index (χ4n) is 1.36. The van der Waals surface area contributed by atoms with Crippen LogP contribution in [0.2, 0.25) is 0 Å². The van der Waals surface area contributed by atoms with Crippen molar-refractivity contribution in [1.29, 1.82) is 5.26 Å². The molecule has 2 rings (SSSR count). The van der Waals surface area contributed by atoms with Gasteiger partial charge in [-0.15, -0.1) is 5.10 Å². The summed E-state index contributed by atoms with van der Waals surface area (Å²) in [6.07, 6.45) is 1.44. The molecular weight excluding hydrogens is 237 g/mol. The van der Waals surface area contributed by atoms with Gasteiger partial charge in [0.15, 0.2) is 5.69 Å². The number of carbonyl (C=O) groups is 1. The van der Waals surface area contributed by atoms with Crippen molar-refractivity contribution in [3.63, 3.8) is 0 Å². The molecule has 0 spiro atoms. The summed E-state index contributed by atoms with van der Waals surface area (Å²) in [5.41, 5.74) is 0.396. The first kappa shape index (κ1) is 11.7. The van der Waals surface area contributed by atoms with Gasteiger partial charge < -0.3 is 5.32 Å². The molecule has 1 aromatic heterocycles. The first-order valence-electron chi connectivity index (χ1n) is 4.97. The fourth-order valence-corrected chi connectivity index (χ4v) is 1.36. The van der Waals surface area contributed by atoms with Crippen molar-refractivity contribution in [2.75, 3.05) is 5.32 Å². The molecule has 0 aliphatic rings. The van der Waals surface area contributed by atoms with Crippen molar-refractivity contribution in [3.05, 3.63) is 41.5 Å². The van der Waals surface area contributed by atoms with Crippen molar-refractivity contribution in [3.8, 4) is 6.07 Å². The molecule has 0 aliphatic heterocycles. The number of rotatable bonds is 2. The second-order valence-electron chi connectivity index (χ2n) is 3.53. The second kappa shape index (κ2) is 4.63. The van der Waals surface area contributed by atoms with E-state index >= 15 is 0 Å². The summed E-state index contributed by atoms with van der Waals surface area (Å²) < 4.78 is 14.3. The van der Waals surface area contributed by atoms with Crippen LogP contribution in [-0.4, -0.2) is 20.9 Å². The van der Waals surface area contributed by atoms with Gasteiger partial charge in [0.25, 0.3) is 5.91 Å². The highest BCUT2D eigenvalue weighted by atomic mass is 19.1. The van der Waals surface area contributed by atoms with Crippen molar-refractivity contribution in [2.45, 2.75) is 0 Å². The van der Waals surface area contributed by atoms with E-state index in [1.165, 1.54) is 16.9 Å². The highest BCUT2D eigenvalue weighted by molar-refractivity contribution is 6.03.